The number of rotatable bonds is 5. The van der Waals surface area contributed by atoms with Crippen LogP contribution in [0, 0.1) is 0 Å². The fourth-order valence-corrected chi connectivity index (χ4v) is 3.62. The van der Waals surface area contributed by atoms with E-state index in [1.807, 2.05) is 41.2 Å². The summed E-state index contributed by atoms with van der Waals surface area (Å²) in [7, 11) is 0. The average molecular weight is 405 g/mol. The number of nitrogens with zero attached hydrogens (tertiary/aromatic N) is 4. The van der Waals surface area contributed by atoms with E-state index in [-0.39, 0.29) is 18.3 Å². The molecule has 3 heterocycles. The molecule has 2 N–H and O–H groups in total. The zero-order chi connectivity index (χ0) is 17.8. The van der Waals surface area contributed by atoms with Crippen molar-refractivity contribution in [3.05, 3.63) is 59.7 Å². The third-order valence-corrected chi connectivity index (χ3v) is 5.05. The summed E-state index contributed by atoms with van der Waals surface area (Å²) in [5.41, 5.74) is 1.54. The molecule has 1 unspecified atom stereocenters. The first-order valence-electron chi connectivity index (χ1n) is 8.72. The van der Waals surface area contributed by atoms with Crippen molar-refractivity contribution < 1.29 is 4.79 Å². The lowest BCUT2D eigenvalue weighted by atomic mass is 10.1. The van der Waals surface area contributed by atoms with Gasteiger partial charge >= 0.3 is 0 Å². The molecule has 1 aromatic carbocycles. The molecule has 1 saturated heterocycles. The van der Waals surface area contributed by atoms with E-state index in [1.54, 1.807) is 6.07 Å². The van der Waals surface area contributed by atoms with Gasteiger partial charge < -0.3 is 5.32 Å². The molecule has 142 valence electrons. The zero-order valence-electron chi connectivity index (χ0n) is 14.7. The maximum absolute atomic E-state index is 12.4. The van der Waals surface area contributed by atoms with E-state index < -0.39 is 0 Å². The number of carbonyl (C=O) groups excluding carboxylic acids is 1. The van der Waals surface area contributed by atoms with Crippen LogP contribution in [-0.2, 0) is 6.42 Å². The summed E-state index contributed by atoms with van der Waals surface area (Å²) in [5, 5.41) is 11.1. The molecule has 1 amide bonds. The van der Waals surface area contributed by atoms with E-state index in [0.29, 0.717) is 29.1 Å². The second-order valence-electron chi connectivity index (χ2n) is 6.31. The average Bonchev–Trinajstić information content (AvgIpc) is 3.33. The van der Waals surface area contributed by atoms with Gasteiger partial charge in [0.2, 0.25) is 5.13 Å². The maximum Gasteiger partial charge on any atom is 0.277 e. The van der Waals surface area contributed by atoms with Gasteiger partial charge in [0.05, 0.1) is 6.04 Å². The molecule has 4 rings (SSSR count). The Morgan fingerprint density at radius 2 is 2.15 bits per heavy atom. The lowest BCUT2D eigenvalue weighted by Crippen LogP contribution is -2.32. The van der Waals surface area contributed by atoms with Crippen LogP contribution in [0.15, 0.2) is 42.6 Å². The molecule has 9 heteroatoms. The van der Waals surface area contributed by atoms with Gasteiger partial charge in [0.1, 0.15) is 5.82 Å². The summed E-state index contributed by atoms with van der Waals surface area (Å²) in [5.74, 6) is 0.449. The van der Waals surface area contributed by atoms with Gasteiger partial charge in [-0.3, -0.25) is 14.8 Å². The van der Waals surface area contributed by atoms with Crippen molar-refractivity contribution >= 4 is 35.0 Å². The lowest BCUT2D eigenvalue weighted by Gasteiger charge is -2.22. The van der Waals surface area contributed by atoms with E-state index in [0.717, 1.165) is 31.5 Å². The second kappa shape index (κ2) is 9.07. The summed E-state index contributed by atoms with van der Waals surface area (Å²) in [4.78, 5) is 16.8. The highest BCUT2D eigenvalue weighted by atomic mass is 35.5. The maximum atomic E-state index is 12.4. The van der Waals surface area contributed by atoms with Crippen molar-refractivity contribution in [1.82, 2.24) is 24.5 Å². The molecular weight excluding hydrogens is 384 g/mol. The molecule has 0 aliphatic carbocycles. The highest BCUT2D eigenvalue weighted by Gasteiger charge is 2.18. The van der Waals surface area contributed by atoms with Gasteiger partial charge in [-0.05, 0) is 31.0 Å². The minimum absolute atomic E-state index is 0. The number of halogens is 1. The van der Waals surface area contributed by atoms with Gasteiger partial charge in [-0.15, -0.1) is 12.4 Å². The van der Waals surface area contributed by atoms with Crippen LogP contribution in [0.25, 0.3) is 0 Å². The van der Waals surface area contributed by atoms with Crippen LogP contribution >= 0.6 is 23.9 Å². The van der Waals surface area contributed by atoms with Gasteiger partial charge in [0.25, 0.3) is 5.91 Å². The lowest BCUT2D eigenvalue weighted by molar-refractivity contribution is 0.102. The standard InChI is InChI=1S/C18H20N6OS.ClH/c25-17(15-8-10-24(22-15)14-7-4-9-19-12-14)21-18-20-16(23-26-18)11-13-5-2-1-3-6-13;/h1-3,5-6,8,10,14,19H,4,7,9,11-12H2,(H,20,21,23,25);1H. The fourth-order valence-electron chi connectivity index (χ4n) is 3.04. The number of carbonyl (C=O) groups is 1. The molecule has 0 saturated carbocycles. The van der Waals surface area contributed by atoms with Crippen molar-refractivity contribution in [2.45, 2.75) is 25.3 Å². The first-order valence-corrected chi connectivity index (χ1v) is 9.49. The molecule has 0 bridgehead atoms. The van der Waals surface area contributed by atoms with Gasteiger partial charge in [0.15, 0.2) is 5.69 Å². The number of aromatic nitrogens is 4. The van der Waals surface area contributed by atoms with E-state index >= 15 is 0 Å². The van der Waals surface area contributed by atoms with Crippen LogP contribution in [0.4, 0.5) is 5.13 Å². The van der Waals surface area contributed by atoms with Crippen molar-refractivity contribution in [1.29, 1.82) is 0 Å². The summed E-state index contributed by atoms with van der Waals surface area (Å²) >= 11 is 1.19. The minimum Gasteiger partial charge on any atom is -0.315 e. The largest absolute Gasteiger partial charge is 0.315 e. The number of hydrogen-bond acceptors (Lipinski definition) is 6. The smallest absolute Gasteiger partial charge is 0.277 e. The van der Waals surface area contributed by atoms with E-state index in [4.69, 9.17) is 0 Å². The van der Waals surface area contributed by atoms with Crippen LogP contribution in [0.2, 0.25) is 0 Å². The van der Waals surface area contributed by atoms with Crippen LogP contribution < -0.4 is 10.6 Å². The quantitative estimate of drug-likeness (QED) is 0.683. The van der Waals surface area contributed by atoms with Crippen LogP contribution in [0.1, 0.15) is 40.8 Å². The Morgan fingerprint density at radius 3 is 2.93 bits per heavy atom. The summed E-state index contributed by atoms with van der Waals surface area (Å²) in [6.07, 6.45) is 4.72. The molecule has 27 heavy (non-hydrogen) atoms. The Bertz CT molecular complexity index is 875. The molecule has 1 atom stereocenters. The predicted octanol–water partition coefficient (Wildman–Crippen LogP) is 2.92. The van der Waals surface area contributed by atoms with Crippen molar-refractivity contribution in [2.75, 3.05) is 18.4 Å². The Balaban J connectivity index is 0.00000210. The number of amides is 1. The van der Waals surface area contributed by atoms with Gasteiger partial charge in [-0.1, -0.05) is 30.3 Å². The Morgan fingerprint density at radius 1 is 1.30 bits per heavy atom. The molecule has 2 aromatic heterocycles. The molecule has 1 aliphatic heterocycles. The number of hydrogen-bond donors (Lipinski definition) is 2. The van der Waals surface area contributed by atoms with Crippen molar-refractivity contribution in [3.8, 4) is 0 Å². The minimum atomic E-state index is -0.255. The molecule has 3 aromatic rings. The van der Waals surface area contributed by atoms with Crippen LogP contribution in [-0.4, -0.2) is 38.1 Å². The van der Waals surface area contributed by atoms with Crippen LogP contribution in [0.5, 0.6) is 0 Å². The Kier molecular flexibility index (Phi) is 6.54. The molecular formula is C18H21ClN6OS. The van der Waals surface area contributed by atoms with Crippen molar-refractivity contribution in [3.63, 3.8) is 0 Å². The topological polar surface area (TPSA) is 84.7 Å². The third-order valence-electron chi connectivity index (χ3n) is 4.38. The van der Waals surface area contributed by atoms with E-state index in [1.165, 1.54) is 11.5 Å². The normalized spacial score (nSPS) is 16.5. The number of benzene rings is 1. The van der Waals surface area contributed by atoms with E-state index in [2.05, 4.69) is 25.1 Å². The first kappa shape index (κ1) is 19.5. The summed E-state index contributed by atoms with van der Waals surface area (Å²) in [6.45, 7) is 1.94. The van der Waals surface area contributed by atoms with Gasteiger partial charge in [-0.25, -0.2) is 4.98 Å². The summed E-state index contributed by atoms with van der Waals surface area (Å²) in [6, 6.07) is 12.1. The first-order chi connectivity index (χ1) is 12.8. The number of anilines is 1. The number of piperidine rings is 1. The second-order valence-corrected chi connectivity index (χ2v) is 7.07. The van der Waals surface area contributed by atoms with Gasteiger partial charge in [0, 0.05) is 30.7 Å². The van der Waals surface area contributed by atoms with Crippen LogP contribution in [0.3, 0.4) is 0 Å². The highest BCUT2D eigenvalue weighted by Crippen LogP contribution is 2.17. The Labute approximate surface area is 167 Å². The SMILES string of the molecule is Cl.O=C(Nc1nc(Cc2ccccc2)ns1)c1ccn(C2CCCNC2)n1. The molecule has 1 fully saturated rings. The molecule has 7 nitrogen and oxygen atoms in total. The monoisotopic (exact) mass is 404 g/mol. The van der Waals surface area contributed by atoms with Crippen molar-refractivity contribution in [2.24, 2.45) is 0 Å². The van der Waals surface area contributed by atoms with Gasteiger partial charge in [-0.2, -0.15) is 9.47 Å². The third kappa shape index (κ3) is 4.91. The van der Waals surface area contributed by atoms with E-state index in [9.17, 15) is 4.79 Å². The molecule has 0 spiro atoms. The predicted molar refractivity (Wildman–Crippen MR) is 108 cm³/mol. The highest BCUT2D eigenvalue weighted by molar-refractivity contribution is 7.09. The fraction of sp³-hybridized carbons (Fsp3) is 0.333. The Hall–Kier alpha value is -2.29. The zero-order valence-corrected chi connectivity index (χ0v) is 16.3. The molecule has 0 radical (unpaired) electrons. The number of nitrogens with one attached hydrogen (secondary N) is 2. The molecule has 1 aliphatic rings. The summed E-state index contributed by atoms with van der Waals surface area (Å²) < 4.78 is 6.20.